The van der Waals surface area contributed by atoms with Gasteiger partial charge in [-0.2, -0.15) is 16.7 Å². The van der Waals surface area contributed by atoms with Gasteiger partial charge in [-0.1, -0.05) is 5.16 Å². The maximum Gasteiger partial charge on any atom is 0.244 e. The number of hydrogen-bond donors (Lipinski definition) is 1. The highest BCUT2D eigenvalue weighted by Crippen LogP contribution is 2.31. The molecule has 1 aromatic heterocycles. The lowest BCUT2D eigenvalue weighted by atomic mass is 10.2. The molecule has 112 valence electrons. The third kappa shape index (κ3) is 2.98. The summed E-state index contributed by atoms with van der Waals surface area (Å²) in [5.41, 5.74) is 0.839. The first-order valence-corrected chi connectivity index (χ1v) is 7.84. The second kappa shape index (κ2) is 6.36. The predicted molar refractivity (Wildman–Crippen MR) is 80.9 cm³/mol. The number of methoxy groups -OCH3 is 2. The van der Waals surface area contributed by atoms with E-state index in [1.54, 1.807) is 14.2 Å². The van der Waals surface area contributed by atoms with Crippen molar-refractivity contribution in [3.63, 3.8) is 0 Å². The minimum absolute atomic E-state index is 0.130. The molecule has 3 rings (SSSR count). The molecule has 1 aliphatic heterocycles. The summed E-state index contributed by atoms with van der Waals surface area (Å²) in [6.07, 6.45) is 0. The summed E-state index contributed by atoms with van der Waals surface area (Å²) in [5, 5.41) is 7.44. The topological polar surface area (TPSA) is 69.4 Å². The van der Waals surface area contributed by atoms with Crippen LogP contribution in [0.1, 0.15) is 11.9 Å². The van der Waals surface area contributed by atoms with Crippen molar-refractivity contribution in [3.05, 3.63) is 24.1 Å². The molecule has 1 aromatic carbocycles. The number of aromatic nitrogens is 2. The monoisotopic (exact) mass is 307 g/mol. The highest BCUT2D eigenvalue weighted by molar-refractivity contribution is 7.99. The Morgan fingerprint density at radius 2 is 2.14 bits per heavy atom. The molecular weight excluding hydrogens is 290 g/mol. The average Bonchev–Trinajstić information content (AvgIpc) is 3.05. The number of rotatable bonds is 4. The molecule has 1 saturated heterocycles. The second-order valence-corrected chi connectivity index (χ2v) is 5.76. The van der Waals surface area contributed by atoms with Gasteiger partial charge in [-0.15, -0.1) is 0 Å². The van der Waals surface area contributed by atoms with Gasteiger partial charge in [-0.25, -0.2) is 0 Å². The van der Waals surface area contributed by atoms with Crippen LogP contribution in [0.3, 0.4) is 0 Å². The van der Waals surface area contributed by atoms with Crippen LogP contribution >= 0.6 is 11.8 Å². The van der Waals surface area contributed by atoms with Crippen LogP contribution in [0.5, 0.6) is 11.5 Å². The zero-order valence-electron chi connectivity index (χ0n) is 12.0. The van der Waals surface area contributed by atoms with Crippen LogP contribution in [0, 0.1) is 0 Å². The molecule has 0 bridgehead atoms. The number of nitrogens with one attached hydrogen (secondary N) is 1. The van der Waals surface area contributed by atoms with E-state index in [1.807, 2.05) is 30.0 Å². The van der Waals surface area contributed by atoms with Crippen molar-refractivity contribution in [2.24, 2.45) is 0 Å². The van der Waals surface area contributed by atoms with E-state index < -0.39 is 0 Å². The summed E-state index contributed by atoms with van der Waals surface area (Å²) < 4.78 is 15.9. The van der Waals surface area contributed by atoms with Crippen molar-refractivity contribution in [1.29, 1.82) is 0 Å². The van der Waals surface area contributed by atoms with Crippen LogP contribution in [0.4, 0.5) is 0 Å². The van der Waals surface area contributed by atoms with E-state index >= 15 is 0 Å². The smallest absolute Gasteiger partial charge is 0.244 e. The van der Waals surface area contributed by atoms with E-state index in [0.29, 0.717) is 23.2 Å². The van der Waals surface area contributed by atoms with Crippen molar-refractivity contribution < 1.29 is 14.0 Å². The van der Waals surface area contributed by atoms with Gasteiger partial charge in [-0.3, -0.25) is 0 Å². The maximum atomic E-state index is 5.38. The third-order valence-electron chi connectivity index (χ3n) is 3.30. The summed E-state index contributed by atoms with van der Waals surface area (Å²) >= 11 is 1.89. The lowest BCUT2D eigenvalue weighted by Gasteiger charge is -2.19. The summed E-state index contributed by atoms with van der Waals surface area (Å²) in [7, 11) is 3.21. The van der Waals surface area contributed by atoms with Gasteiger partial charge in [-0.05, 0) is 18.2 Å². The van der Waals surface area contributed by atoms with Crippen molar-refractivity contribution >= 4 is 11.8 Å². The minimum atomic E-state index is 0.130. The van der Waals surface area contributed by atoms with Gasteiger partial charge >= 0.3 is 0 Å². The fourth-order valence-electron chi connectivity index (χ4n) is 2.19. The SMILES string of the molecule is COc1ccc(-c2noc(C3CSCCN3)n2)cc1OC. The highest BCUT2D eigenvalue weighted by atomic mass is 32.2. The van der Waals surface area contributed by atoms with Crippen LogP contribution in [-0.2, 0) is 0 Å². The fourth-order valence-corrected chi connectivity index (χ4v) is 3.12. The Bertz CT molecular complexity index is 611. The molecule has 2 aromatic rings. The van der Waals surface area contributed by atoms with Gasteiger partial charge in [0.15, 0.2) is 11.5 Å². The van der Waals surface area contributed by atoms with E-state index in [9.17, 15) is 0 Å². The molecule has 1 fully saturated rings. The van der Waals surface area contributed by atoms with Crippen LogP contribution in [0.25, 0.3) is 11.4 Å². The van der Waals surface area contributed by atoms with Crippen molar-refractivity contribution in [1.82, 2.24) is 15.5 Å². The minimum Gasteiger partial charge on any atom is -0.493 e. The molecule has 6 nitrogen and oxygen atoms in total. The Labute approximate surface area is 127 Å². The molecule has 0 radical (unpaired) electrons. The summed E-state index contributed by atoms with van der Waals surface area (Å²) in [6.45, 7) is 0.962. The first kappa shape index (κ1) is 14.2. The molecule has 21 heavy (non-hydrogen) atoms. The molecule has 1 atom stereocenters. The van der Waals surface area contributed by atoms with Gasteiger partial charge in [0, 0.05) is 23.6 Å². The Balaban J connectivity index is 1.85. The molecule has 0 saturated carbocycles. The van der Waals surface area contributed by atoms with Gasteiger partial charge in [0.1, 0.15) is 0 Å². The lowest BCUT2D eigenvalue weighted by molar-refractivity contribution is 0.342. The summed E-state index contributed by atoms with van der Waals surface area (Å²) in [5.74, 6) is 4.58. The number of benzene rings is 1. The largest absolute Gasteiger partial charge is 0.493 e. The third-order valence-corrected chi connectivity index (χ3v) is 4.37. The molecule has 0 amide bonds. The average molecular weight is 307 g/mol. The molecule has 0 spiro atoms. The Morgan fingerprint density at radius 1 is 1.29 bits per heavy atom. The Kier molecular flexibility index (Phi) is 4.31. The maximum absolute atomic E-state index is 5.38. The Morgan fingerprint density at radius 3 is 2.86 bits per heavy atom. The molecule has 2 heterocycles. The molecule has 7 heteroatoms. The van der Waals surface area contributed by atoms with Gasteiger partial charge in [0.2, 0.25) is 11.7 Å². The number of ether oxygens (including phenoxy) is 2. The first-order chi connectivity index (χ1) is 10.3. The van der Waals surface area contributed by atoms with Crippen LogP contribution in [0.2, 0.25) is 0 Å². The van der Waals surface area contributed by atoms with Crippen LogP contribution in [0.15, 0.2) is 22.7 Å². The fraction of sp³-hybridized carbons (Fsp3) is 0.429. The molecule has 1 unspecified atom stereocenters. The normalized spacial score (nSPS) is 18.5. The van der Waals surface area contributed by atoms with Crippen molar-refractivity contribution in [2.75, 3.05) is 32.3 Å². The molecule has 1 N–H and O–H groups in total. The van der Waals surface area contributed by atoms with E-state index in [-0.39, 0.29) is 6.04 Å². The van der Waals surface area contributed by atoms with Crippen LogP contribution < -0.4 is 14.8 Å². The number of nitrogens with zero attached hydrogens (tertiary/aromatic N) is 2. The van der Waals surface area contributed by atoms with E-state index in [2.05, 4.69) is 15.5 Å². The number of hydrogen-bond acceptors (Lipinski definition) is 7. The number of thioether (sulfide) groups is 1. The molecular formula is C14H17N3O3S. The summed E-state index contributed by atoms with van der Waals surface area (Å²) in [4.78, 5) is 4.49. The second-order valence-electron chi connectivity index (χ2n) is 4.61. The highest BCUT2D eigenvalue weighted by Gasteiger charge is 2.22. The van der Waals surface area contributed by atoms with Gasteiger partial charge in [0.05, 0.1) is 20.3 Å². The van der Waals surface area contributed by atoms with Crippen molar-refractivity contribution in [3.8, 4) is 22.9 Å². The van der Waals surface area contributed by atoms with Gasteiger partial charge in [0.25, 0.3) is 0 Å². The molecule has 1 aliphatic rings. The first-order valence-electron chi connectivity index (χ1n) is 6.69. The zero-order valence-corrected chi connectivity index (χ0v) is 12.8. The predicted octanol–water partition coefficient (Wildman–Crippen LogP) is 2.13. The lowest BCUT2D eigenvalue weighted by Crippen LogP contribution is -2.30. The zero-order chi connectivity index (χ0) is 14.7. The summed E-state index contributed by atoms with van der Waals surface area (Å²) in [6, 6.07) is 5.69. The quantitative estimate of drug-likeness (QED) is 0.928. The standard InChI is InChI=1S/C14H17N3O3S/c1-18-11-4-3-9(7-12(11)19-2)13-16-14(20-17-13)10-8-21-6-5-15-10/h3-4,7,10,15H,5-6,8H2,1-2H3. The molecule has 0 aliphatic carbocycles. The van der Waals surface area contributed by atoms with Crippen molar-refractivity contribution in [2.45, 2.75) is 6.04 Å². The Hall–Kier alpha value is -1.73. The van der Waals surface area contributed by atoms with E-state index in [1.165, 1.54) is 0 Å². The van der Waals surface area contributed by atoms with Gasteiger partial charge < -0.3 is 19.3 Å². The van der Waals surface area contributed by atoms with E-state index in [0.717, 1.165) is 23.6 Å². The van der Waals surface area contributed by atoms with Crippen LogP contribution in [-0.4, -0.2) is 42.4 Å². The van der Waals surface area contributed by atoms with E-state index in [4.69, 9.17) is 14.0 Å².